The zero-order chi connectivity index (χ0) is 19.0. The van der Waals surface area contributed by atoms with Crippen molar-refractivity contribution in [1.29, 1.82) is 0 Å². The molecule has 27 heavy (non-hydrogen) atoms. The molecule has 0 saturated heterocycles. The number of hydrogen-bond acceptors (Lipinski definition) is 5. The van der Waals surface area contributed by atoms with Gasteiger partial charge in [0.25, 0.3) is 5.78 Å². The van der Waals surface area contributed by atoms with Gasteiger partial charge in [-0.25, -0.2) is 4.98 Å². The summed E-state index contributed by atoms with van der Waals surface area (Å²) in [6.07, 6.45) is 0.567. The van der Waals surface area contributed by atoms with Crippen LogP contribution in [0.25, 0.3) is 5.78 Å². The Morgan fingerprint density at radius 2 is 1.85 bits per heavy atom. The fraction of sp³-hybridized carbons (Fsp3) is 0.150. The molecule has 0 saturated carbocycles. The molecule has 0 aliphatic heterocycles. The lowest BCUT2D eigenvalue weighted by atomic mass is 10.1. The lowest BCUT2D eigenvalue weighted by Gasteiger charge is -2.08. The van der Waals surface area contributed by atoms with Crippen molar-refractivity contribution in [3.8, 4) is 5.88 Å². The number of hydrogen-bond donors (Lipinski definition) is 2. The Labute approximate surface area is 161 Å². The molecule has 2 aromatic heterocycles. The lowest BCUT2D eigenvalue weighted by Crippen LogP contribution is -2.02. The number of nitrogens with zero attached hydrogens (tertiary/aromatic N) is 4. The van der Waals surface area contributed by atoms with Crippen molar-refractivity contribution in [3.05, 3.63) is 75.9 Å². The van der Waals surface area contributed by atoms with Crippen LogP contribution < -0.4 is 5.32 Å². The van der Waals surface area contributed by atoms with Crippen LogP contribution >= 0.6 is 11.6 Å². The summed E-state index contributed by atoms with van der Waals surface area (Å²) in [5.74, 6) is 0.730. The molecule has 0 fully saturated rings. The fourth-order valence-corrected chi connectivity index (χ4v) is 3.11. The minimum Gasteiger partial charge on any atom is -0.493 e. The second-order valence-electron chi connectivity index (χ2n) is 6.39. The summed E-state index contributed by atoms with van der Waals surface area (Å²) in [5.41, 5.74) is 4.35. The van der Waals surface area contributed by atoms with E-state index in [1.54, 1.807) is 0 Å². The zero-order valence-electron chi connectivity index (χ0n) is 14.9. The van der Waals surface area contributed by atoms with Crippen molar-refractivity contribution in [2.45, 2.75) is 20.3 Å². The van der Waals surface area contributed by atoms with Gasteiger partial charge in [-0.2, -0.15) is 9.50 Å². The molecule has 2 heterocycles. The van der Waals surface area contributed by atoms with Gasteiger partial charge >= 0.3 is 0 Å². The van der Waals surface area contributed by atoms with Crippen LogP contribution in [0.2, 0.25) is 5.02 Å². The third kappa shape index (κ3) is 3.44. The maximum absolute atomic E-state index is 10.7. The van der Waals surface area contributed by atoms with E-state index in [4.69, 9.17) is 11.6 Å². The number of nitrogens with one attached hydrogen (secondary N) is 1. The predicted molar refractivity (Wildman–Crippen MR) is 106 cm³/mol. The van der Waals surface area contributed by atoms with Crippen LogP contribution in [-0.2, 0) is 6.42 Å². The monoisotopic (exact) mass is 379 g/mol. The molecule has 2 N–H and O–H groups in total. The molecule has 0 aliphatic carbocycles. The van der Waals surface area contributed by atoms with E-state index < -0.39 is 0 Å². The van der Waals surface area contributed by atoms with Crippen LogP contribution in [0.3, 0.4) is 0 Å². The largest absolute Gasteiger partial charge is 0.493 e. The second-order valence-corrected chi connectivity index (χ2v) is 6.83. The van der Waals surface area contributed by atoms with E-state index in [0.717, 1.165) is 28.1 Å². The van der Waals surface area contributed by atoms with Crippen LogP contribution in [0.15, 0.2) is 48.5 Å². The van der Waals surface area contributed by atoms with E-state index in [2.05, 4.69) is 20.4 Å². The highest BCUT2D eigenvalue weighted by Crippen LogP contribution is 2.26. The quantitative estimate of drug-likeness (QED) is 0.548. The summed E-state index contributed by atoms with van der Waals surface area (Å²) in [5, 5.41) is 18.9. The van der Waals surface area contributed by atoms with Gasteiger partial charge in [0.05, 0.1) is 5.69 Å². The molecule has 0 bridgehead atoms. The van der Waals surface area contributed by atoms with Crippen molar-refractivity contribution < 1.29 is 5.11 Å². The van der Waals surface area contributed by atoms with E-state index in [1.165, 1.54) is 4.52 Å². The first-order valence-electron chi connectivity index (χ1n) is 8.53. The molecule has 0 radical (unpaired) electrons. The Bertz CT molecular complexity index is 1120. The van der Waals surface area contributed by atoms with E-state index in [9.17, 15) is 5.11 Å². The van der Waals surface area contributed by atoms with Gasteiger partial charge < -0.3 is 10.4 Å². The van der Waals surface area contributed by atoms with Crippen LogP contribution in [-0.4, -0.2) is 24.7 Å². The first-order chi connectivity index (χ1) is 13.0. The first-order valence-corrected chi connectivity index (χ1v) is 8.91. The average Bonchev–Trinajstić information content (AvgIpc) is 3.05. The number of fused-ring (bicyclic) bond motifs is 1. The maximum Gasteiger partial charge on any atom is 0.257 e. The van der Waals surface area contributed by atoms with Crippen molar-refractivity contribution in [3.63, 3.8) is 0 Å². The number of halogens is 1. The molecular weight excluding hydrogens is 362 g/mol. The van der Waals surface area contributed by atoms with Crippen LogP contribution in [0, 0.1) is 13.8 Å². The smallest absolute Gasteiger partial charge is 0.257 e. The molecule has 2 aromatic carbocycles. The molecule has 0 amide bonds. The summed E-state index contributed by atoms with van der Waals surface area (Å²) in [6.45, 7) is 3.83. The molecule has 0 aliphatic rings. The Balaban J connectivity index is 1.72. The summed E-state index contributed by atoms with van der Waals surface area (Å²) in [7, 11) is 0. The zero-order valence-corrected chi connectivity index (χ0v) is 15.7. The number of aromatic nitrogens is 4. The minimum atomic E-state index is 0.0460. The fourth-order valence-electron chi connectivity index (χ4n) is 2.93. The van der Waals surface area contributed by atoms with E-state index in [1.807, 2.05) is 62.4 Å². The summed E-state index contributed by atoms with van der Waals surface area (Å²) in [4.78, 5) is 8.87. The van der Waals surface area contributed by atoms with E-state index in [-0.39, 0.29) is 5.88 Å². The molecule has 4 aromatic rings. The highest BCUT2D eigenvalue weighted by Gasteiger charge is 2.16. The number of aryl methyl sites for hydroxylation is 2. The minimum absolute atomic E-state index is 0.0460. The predicted octanol–water partition coefficient (Wildman–Crippen LogP) is 4.43. The van der Waals surface area contributed by atoms with Crippen LogP contribution in [0.1, 0.15) is 22.4 Å². The standard InChI is InChI=1S/C20H18ClN5O/c1-12-8-9-15(21)11-17(12)23-19-24-20-22-13(2)16(18(27)26(20)25-19)10-14-6-4-3-5-7-14/h3-9,11,27H,10H2,1-2H3,(H,23,25). The first kappa shape index (κ1) is 17.3. The molecule has 0 atom stereocenters. The number of rotatable bonds is 4. The van der Waals surface area contributed by atoms with Crippen molar-refractivity contribution in [2.75, 3.05) is 5.32 Å². The average molecular weight is 380 g/mol. The van der Waals surface area contributed by atoms with Crippen LogP contribution in [0.4, 0.5) is 11.6 Å². The Hall–Kier alpha value is -3.12. The van der Waals surface area contributed by atoms with Crippen molar-refractivity contribution in [1.82, 2.24) is 19.6 Å². The number of anilines is 2. The Morgan fingerprint density at radius 3 is 2.63 bits per heavy atom. The van der Waals surface area contributed by atoms with Gasteiger partial charge in [0.1, 0.15) is 0 Å². The molecule has 4 rings (SSSR count). The van der Waals surface area contributed by atoms with E-state index in [0.29, 0.717) is 23.2 Å². The topological polar surface area (TPSA) is 75.3 Å². The van der Waals surface area contributed by atoms with Gasteiger partial charge in [0.2, 0.25) is 11.8 Å². The Morgan fingerprint density at radius 1 is 1.07 bits per heavy atom. The normalized spacial score (nSPS) is 11.1. The summed E-state index contributed by atoms with van der Waals surface area (Å²) >= 11 is 6.07. The van der Waals surface area contributed by atoms with Crippen LogP contribution in [0.5, 0.6) is 5.88 Å². The molecular formula is C20H18ClN5O. The molecule has 7 heteroatoms. The molecule has 0 spiro atoms. The number of aromatic hydroxyl groups is 1. The number of benzene rings is 2. The summed E-state index contributed by atoms with van der Waals surface area (Å²) < 4.78 is 1.35. The Kier molecular flexibility index (Phi) is 4.41. The van der Waals surface area contributed by atoms with Crippen molar-refractivity contribution >= 4 is 29.0 Å². The van der Waals surface area contributed by atoms with Crippen molar-refractivity contribution in [2.24, 2.45) is 0 Å². The molecule has 0 unspecified atom stereocenters. The second kappa shape index (κ2) is 6.89. The van der Waals surface area contributed by atoms with Gasteiger partial charge in [0.15, 0.2) is 0 Å². The SMILES string of the molecule is Cc1ccc(Cl)cc1Nc1nc2nc(C)c(Cc3ccccc3)c(O)n2n1. The highest BCUT2D eigenvalue weighted by molar-refractivity contribution is 6.30. The van der Waals surface area contributed by atoms with E-state index >= 15 is 0 Å². The van der Waals surface area contributed by atoms with Gasteiger partial charge in [0, 0.05) is 22.7 Å². The summed E-state index contributed by atoms with van der Waals surface area (Å²) in [6, 6.07) is 15.5. The van der Waals surface area contributed by atoms with Gasteiger partial charge in [-0.1, -0.05) is 48.0 Å². The third-order valence-corrected chi connectivity index (χ3v) is 4.67. The molecule has 6 nitrogen and oxygen atoms in total. The van der Waals surface area contributed by atoms with Gasteiger partial charge in [-0.05, 0) is 37.1 Å². The lowest BCUT2D eigenvalue weighted by molar-refractivity contribution is 0.428. The third-order valence-electron chi connectivity index (χ3n) is 4.43. The van der Waals surface area contributed by atoms with Gasteiger partial charge in [-0.15, -0.1) is 5.10 Å². The maximum atomic E-state index is 10.7. The molecule has 136 valence electrons. The highest BCUT2D eigenvalue weighted by atomic mass is 35.5. The van der Waals surface area contributed by atoms with Gasteiger partial charge in [-0.3, -0.25) is 0 Å².